The van der Waals surface area contributed by atoms with Crippen molar-refractivity contribution in [1.82, 2.24) is 5.32 Å². The number of hydrogen-bond donors (Lipinski definition) is 1. The summed E-state index contributed by atoms with van der Waals surface area (Å²) in [7, 11) is -4.67. The number of halogens is 3. The van der Waals surface area contributed by atoms with E-state index in [2.05, 4.69) is 5.32 Å². The molecule has 0 radical (unpaired) electrons. The Kier molecular flexibility index (Phi) is 11.8. The number of ether oxygens (including phenoxy) is 2. The number of benzene rings is 2. The first kappa shape index (κ1) is 35.7. The van der Waals surface area contributed by atoms with Crippen LogP contribution in [-0.2, 0) is 37.5 Å². The van der Waals surface area contributed by atoms with Crippen molar-refractivity contribution in [1.29, 1.82) is 0 Å². The quantitative estimate of drug-likeness (QED) is 0.121. The van der Waals surface area contributed by atoms with Crippen LogP contribution in [0.1, 0.15) is 58.3 Å². The number of fused-ring (bicyclic) bond motifs is 1. The monoisotopic (exact) mass is 687 g/mol. The van der Waals surface area contributed by atoms with Crippen LogP contribution < -0.4 is 5.32 Å². The maximum atomic E-state index is 14.6. The van der Waals surface area contributed by atoms with Crippen molar-refractivity contribution < 1.29 is 41.9 Å². The van der Waals surface area contributed by atoms with Gasteiger partial charge in [-0.25, -0.2) is 4.39 Å². The lowest BCUT2D eigenvalue weighted by Crippen LogP contribution is -2.29. The average Bonchev–Trinajstić information content (AvgIpc) is 3.32. The van der Waals surface area contributed by atoms with Gasteiger partial charge in [0.05, 0.1) is 15.9 Å². The second kappa shape index (κ2) is 14.5. The van der Waals surface area contributed by atoms with Gasteiger partial charge >= 0.3 is 19.5 Å². The summed E-state index contributed by atoms with van der Waals surface area (Å²) in [4.78, 5) is 38.6. The number of rotatable bonds is 11. The molecule has 238 valence electrons. The van der Waals surface area contributed by atoms with Gasteiger partial charge < -0.3 is 14.8 Å². The maximum absolute atomic E-state index is 14.6. The van der Waals surface area contributed by atoms with Crippen LogP contribution in [-0.4, -0.2) is 31.4 Å². The smallest absolute Gasteiger partial charge is 0.353 e. The van der Waals surface area contributed by atoms with Gasteiger partial charge in [0.2, 0.25) is 19.5 Å². The molecule has 0 aliphatic heterocycles. The Morgan fingerprint density at radius 2 is 1.57 bits per heavy atom. The van der Waals surface area contributed by atoms with Crippen molar-refractivity contribution in [2.45, 2.75) is 47.2 Å². The third kappa shape index (κ3) is 9.12. The zero-order valence-electron chi connectivity index (χ0n) is 24.9. The summed E-state index contributed by atoms with van der Waals surface area (Å²) >= 11 is 13.3. The molecule has 1 amide bonds. The van der Waals surface area contributed by atoms with E-state index in [1.54, 1.807) is 65.1 Å². The van der Waals surface area contributed by atoms with Crippen molar-refractivity contribution in [2.24, 2.45) is 10.8 Å². The van der Waals surface area contributed by atoms with Crippen LogP contribution >= 0.6 is 42.1 Å². The second-order valence-electron chi connectivity index (χ2n) is 11.6. The number of hydrogen-bond acceptors (Lipinski definition) is 9. The van der Waals surface area contributed by atoms with Crippen molar-refractivity contribution >= 4 is 76.1 Å². The first-order chi connectivity index (χ1) is 20.4. The first-order valence-corrected chi connectivity index (χ1v) is 16.5. The summed E-state index contributed by atoms with van der Waals surface area (Å²) < 4.78 is 51.1. The Labute approximate surface area is 269 Å². The molecule has 0 saturated carbocycles. The Balaban J connectivity index is 2.04. The summed E-state index contributed by atoms with van der Waals surface area (Å²) in [5, 5.41) is 4.81. The summed E-state index contributed by atoms with van der Waals surface area (Å²) in [5.74, 6) is -2.91. The molecule has 0 fully saturated rings. The maximum Gasteiger partial charge on any atom is 0.353 e. The van der Waals surface area contributed by atoms with E-state index in [9.17, 15) is 23.3 Å². The van der Waals surface area contributed by atoms with Crippen LogP contribution in [0.2, 0.25) is 10.0 Å². The standard InChI is InChI=1S/C30H33Cl2FNO8PS/c1-29(2,3)27(36)39-16-41-43(38,42-17-40-28(37)30(4,5)6)25(21-15-44-23-11-10-19(31)14-20(21)23)26(35)34-13-12-18-8-7-9-22(32)24(18)33/h7-15,25H,16-17H2,1-6H3,(H,34,35)/b13-12+. The highest BCUT2D eigenvalue weighted by molar-refractivity contribution is 7.55. The predicted molar refractivity (Wildman–Crippen MR) is 169 cm³/mol. The fourth-order valence-corrected chi connectivity index (χ4v) is 6.67. The molecule has 1 heterocycles. The summed E-state index contributed by atoms with van der Waals surface area (Å²) in [5.41, 5.74) is -3.19. The molecule has 0 bridgehead atoms. The first-order valence-electron chi connectivity index (χ1n) is 13.2. The minimum absolute atomic E-state index is 0.0842. The lowest BCUT2D eigenvalue weighted by molar-refractivity contribution is -0.162. The Bertz CT molecular complexity index is 1580. The average molecular weight is 689 g/mol. The minimum atomic E-state index is -4.67. The van der Waals surface area contributed by atoms with Crippen molar-refractivity contribution in [2.75, 3.05) is 13.6 Å². The van der Waals surface area contributed by atoms with Gasteiger partial charge in [-0.05, 0) is 88.2 Å². The molecule has 1 atom stereocenters. The van der Waals surface area contributed by atoms with Gasteiger partial charge in [-0.1, -0.05) is 35.3 Å². The number of carbonyl (C=O) groups excluding carboxylic acids is 3. The SMILES string of the molecule is CC(C)(C)C(=O)OCOP(=O)(OCOC(=O)C(C)(C)C)C(C(=O)N/C=C/c1cccc(Cl)c1F)c1csc2ccc(Cl)cc12. The van der Waals surface area contributed by atoms with Crippen LogP contribution in [0.3, 0.4) is 0 Å². The Morgan fingerprint density at radius 3 is 2.14 bits per heavy atom. The number of carbonyl (C=O) groups is 3. The molecule has 44 heavy (non-hydrogen) atoms. The molecule has 1 unspecified atom stereocenters. The van der Waals surface area contributed by atoms with E-state index in [0.717, 1.165) is 6.20 Å². The van der Waals surface area contributed by atoms with Gasteiger partial charge in [0.25, 0.3) is 0 Å². The predicted octanol–water partition coefficient (Wildman–Crippen LogP) is 8.50. The third-order valence-electron chi connectivity index (χ3n) is 5.96. The van der Waals surface area contributed by atoms with Gasteiger partial charge in [0, 0.05) is 21.5 Å². The van der Waals surface area contributed by atoms with E-state index in [4.69, 9.17) is 41.7 Å². The lowest BCUT2D eigenvalue weighted by atomic mass is 9.98. The minimum Gasteiger partial charge on any atom is -0.438 e. The lowest BCUT2D eigenvalue weighted by Gasteiger charge is -2.27. The van der Waals surface area contributed by atoms with Crippen molar-refractivity contribution in [3.05, 3.63) is 75.0 Å². The van der Waals surface area contributed by atoms with Gasteiger partial charge in [0.15, 0.2) is 5.66 Å². The highest BCUT2D eigenvalue weighted by Crippen LogP contribution is 2.62. The van der Waals surface area contributed by atoms with Crippen molar-refractivity contribution in [3.8, 4) is 0 Å². The molecule has 3 rings (SSSR count). The Hall–Kier alpha value is -2.79. The van der Waals surface area contributed by atoms with E-state index >= 15 is 0 Å². The molecule has 0 aliphatic rings. The van der Waals surface area contributed by atoms with Gasteiger partial charge in [-0.3, -0.25) is 28.0 Å². The second-order valence-corrected chi connectivity index (χ2v) is 15.5. The molecule has 2 aromatic carbocycles. The van der Waals surface area contributed by atoms with Crippen LogP contribution in [0.15, 0.2) is 48.0 Å². The highest BCUT2D eigenvalue weighted by atomic mass is 35.5. The summed E-state index contributed by atoms with van der Waals surface area (Å²) in [6.45, 7) is 8.02. The molecule has 9 nitrogen and oxygen atoms in total. The molecular weight excluding hydrogens is 655 g/mol. The zero-order valence-corrected chi connectivity index (χ0v) is 28.2. The van der Waals surface area contributed by atoms with Crippen LogP contribution in [0, 0.1) is 16.6 Å². The number of esters is 2. The van der Waals surface area contributed by atoms with Crippen LogP contribution in [0.25, 0.3) is 16.2 Å². The van der Waals surface area contributed by atoms with E-state index in [1.165, 1.54) is 35.6 Å². The van der Waals surface area contributed by atoms with E-state index in [0.29, 0.717) is 15.1 Å². The number of nitrogens with one attached hydrogen (secondary N) is 1. The molecule has 0 saturated heterocycles. The molecule has 3 aromatic rings. The zero-order chi connectivity index (χ0) is 32.9. The summed E-state index contributed by atoms with van der Waals surface area (Å²) in [6, 6.07) is 9.32. The topological polar surface area (TPSA) is 117 Å². The molecule has 0 aliphatic carbocycles. The largest absolute Gasteiger partial charge is 0.438 e. The van der Waals surface area contributed by atoms with Crippen LogP contribution in [0.5, 0.6) is 0 Å². The molecule has 1 N–H and O–H groups in total. The number of amides is 1. The molecule has 1 aromatic heterocycles. The fraction of sp³-hybridized carbons (Fsp3) is 0.367. The molecular formula is C30H33Cl2FNO8PS. The van der Waals surface area contributed by atoms with E-state index in [-0.39, 0.29) is 16.1 Å². The normalized spacial score (nSPS) is 13.2. The van der Waals surface area contributed by atoms with Gasteiger partial charge in [0.1, 0.15) is 5.82 Å². The van der Waals surface area contributed by atoms with Crippen molar-refractivity contribution in [3.63, 3.8) is 0 Å². The third-order valence-corrected chi connectivity index (χ3v) is 9.55. The van der Waals surface area contributed by atoms with E-state index in [1.807, 2.05) is 0 Å². The summed E-state index contributed by atoms with van der Waals surface area (Å²) in [6.07, 6.45) is 2.41. The van der Waals surface area contributed by atoms with Gasteiger partial charge in [-0.15, -0.1) is 11.3 Å². The number of thiophene rings is 1. The van der Waals surface area contributed by atoms with Gasteiger partial charge in [-0.2, -0.15) is 0 Å². The van der Waals surface area contributed by atoms with Crippen LogP contribution in [0.4, 0.5) is 4.39 Å². The molecule has 0 spiro atoms. The fourth-order valence-electron chi connectivity index (χ4n) is 3.56. The van der Waals surface area contributed by atoms with E-state index < -0.39 is 61.3 Å². The Morgan fingerprint density at radius 1 is 0.977 bits per heavy atom. The highest BCUT2D eigenvalue weighted by Gasteiger charge is 2.45. The molecule has 14 heteroatoms.